The molecule has 112 valence electrons. The highest BCUT2D eigenvalue weighted by Crippen LogP contribution is 2.24. The standard InChI is InChI=1S/C16H13ClN2O3/c1-10-5-2-3-7-12(10)22-9-13-18-14(16(20)21)15-11(17)6-4-8-19(13)15/h2-8H,9H2,1H3,(H,20,21). The first-order valence-corrected chi connectivity index (χ1v) is 7.03. The molecule has 0 amide bonds. The quantitative estimate of drug-likeness (QED) is 0.799. The van der Waals surface area contributed by atoms with Gasteiger partial charge >= 0.3 is 5.97 Å². The van der Waals surface area contributed by atoms with Crippen LogP contribution < -0.4 is 4.74 Å². The molecular weight excluding hydrogens is 304 g/mol. The molecule has 0 saturated carbocycles. The fourth-order valence-corrected chi connectivity index (χ4v) is 2.53. The number of nitrogens with zero attached hydrogens (tertiary/aromatic N) is 2. The average Bonchev–Trinajstić information content (AvgIpc) is 2.87. The SMILES string of the molecule is Cc1ccccc1OCc1nc(C(=O)O)c2c(Cl)cccn12. The molecule has 0 aliphatic carbocycles. The van der Waals surface area contributed by atoms with Gasteiger partial charge in [-0.05, 0) is 30.7 Å². The predicted molar refractivity (Wildman–Crippen MR) is 82.7 cm³/mol. The van der Waals surface area contributed by atoms with Crippen molar-refractivity contribution >= 4 is 23.1 Å². The number of carboxylic acids is 1. The number of aromatic carboxylic acids is 1. The number of carboxylic acid groups (broad SMARTS) is 1. The second kappa shape index (κ2) is 5.69. The van der Waals surface area contributed by atoms with Crippen LogP contribution in [0.1, 0.15) is 21.9 Å². The van der Waals surface area contributed by atoms with Crippen molar-refractivity contribution < 1.29 is 14.6 Å². The number of aromatic nitrogens is 2. The van der Waals surface area contributed by atoms with Gasteiger partial charge in [0.2, 0.25) is 0 Å². The van der Waals surface area contributed by atoms with Crippen LogP contribution >= 0.6 is 11.6 Å². The van der Waals surface area contributed by atoms with Gasteiger partial charge < -0.3 is 9.84 Å². The summed E-state index contributed by atoms with van der Waals surface area (Å²) in [4.78, 5) is 15.5. The summed E-state index contributed by atoms with van der Waals surface area (Å²) < 4.78 is 7.39. The van der Waals surface area contributed by atoms with E-state index in [0.717, 1.165) is 11.3 Å². The second-order valence-electron chi connectivity index (χ2n) is 4.81. The van der Waals surface area contributed by atoms with E-state index in [9.17, 15) is 9.90 Å². The minimum Gasteiger partial charge on any atom is -0.485 e. The number of hydrogen-bond donors (Lipinski definition) is 1. The van der Waals surface area contributed by atoms with Crippen molar-refractivity contribution in [3.8, 4) is 5.75 Å². The number of para-hydroxylation sites is 1. The van der Waals surface area contributed by atoms with Gasteiger partial charge in [0.25, 0.3) is 0 Å². The molecule has 0 aliphatic rings. The summed E-state index contributed by atoms with van der Waals surface area (Å²) in [6.45, 7) is 2.10. The Balaban J connectivity index is 2.00. The van der Waals surface area contributed by atoms with Crippen molar-refractivity contribution in [3.05, 3.63) is 64.7 Å². The van der Waals surface area contributed by atoms with Crippen molar-refractivity contribution in [2.45, 2.75) is 13.5 Å². The summed E-state index contributed by atoms with van der Waals surface area (Å²) in [6, 6.07) is 11.0. The molecule has 0 bridgehead atoms. The number of ether oxygens (including phenoxy) is 1. The fraction of sp³-hybridized carbons (Fsp3) is 0.125. The van der Waals surface area contributed by atoms with Crippen molar-refractivity contribution in [1.29, 1.82) is 0 Å². The summed E-state index contributed by atoms with van der Waals surface area (Å²) in [6.07, 6.45) is 1.72. The number of aryl methyl sites for hydroxylation is 1. The normalized spacial score (nSPS) is 10.8. The van der Waals surface area contributed by atoms with E-state index in [-0.39, 0.29) is 12.3 Å². The van der Waals surface area contributed by atoms with Crippen LogP contribution in [0.15, 0.2) is 42.6 Å². The van der Waals surface area contributed by atoms with Gasteiger partial charge in [0, 0.05) is 6.20 Å². The van der Waals surface area contributed by atoms with E-state index in [2.05, 4.69) is 4.98 Å². The highest BCUT2D eigenvalue weighted by atomic mass is 35.5. The van der Waals surface area contributed by atoms with Crippen LogP contribution in [0.5, 0.6) is 5.75 Å². The van der Waals surface area contributed by atoms with Crippen LogP contribution in [0.2, 0.25) is 5.02 Å². The average molecular weight is 317 g/mol. The summed E-state index contributed by atoms with van der Waals surface area (Å²) >= 11 is 6.10. The lowest BCUT2D eigenvalue weighted by molar-refractivity contribution is 0.0693. The lowest BCUT2D eigenvalue weighted by Crippen LogP contribution is -2.02. The van der Waals surface area contributed by atoms with Crippen LogP contribution in [0.25, 0.3) is 5.52 Å². The van der Waals surface area contributed by atoms with E-state index in [1.54, 1.807) is 22.7 Å². The zero-order valence-electron chi connectivity index (χ0n) is 11.8. The molecule has 1 N–H and O–H groups in total. The first-order valence-electron chi connectivity index (χ1n) is 6.65. The van der Waals surface area contributed by atoms with Crippen LogP contribution in [0, 0.1) is 6.92 Å². The van der Waals surface area contributed by atoms with Gasteiger partial charge in [-0.2, -0.15) is 0 Å². The minimum atomic E-state index is -1.12. The summed E-state index contributed by atoms with van der Waals surface area (Å²) in [7, 11) is 0. The van der Waals surface area contributed by atoms with E-state index >= 15 is 0 Å². The van der Waals surface area contributed by atoms with Gasteiger partial charge in [0.05, 0.1) is 10.5 Å². The fourth-order valence-electron chi connectivity index (χ4n) is 2.27. The second-order valence-corrected chi connectivity index (χ2v) is 5.22. The smallest absolute Gasteiger partial charge is 0.356 e. The lowest BCUT2D eigenvalue weighted by Gasteiger charge is -2.08. The molecule has 2 heterocycles. The van der Waals surface area contributed by atoms with Crippen molar-refractivity contribution in [2.24, 2.45) is 0 Å². The first kappa shape index (κ1) is 14.4. The molecule has 0 aliphatic heterocycles. The van der Waals surface area contributed by atoms with E-state index in [1.165, 1.54) is 0 Å². The molecule has 0 atom stereocenters. The monoisotopic (exact) mass is 316 g/mol. The molecule has 0 fully saturated rings. The van der Waals surface area contributed by atoms with Crippen LogP contribution in [0.4, 0.5) is 0 Å². The minimum absolute atomic E-state index is 0.0750. The third kappa shape index (κ3) is 2.51. The number of carbonyl (C=O) groups is 1. The number of rotatable bonds is 4. The van der Waals surface area contributed by atoms with Gasteiger partial charge in [0.15, 0.2) is 11.5 Å². The van der Waals surface area contributed by atoms with E-state index in [0.29, 0.717) is 16.4 Å². The highest BCUT2D eigenvalue weighted by molar-refractivity contribution is 6.34. The van der Waals surface area contributed by atoms with Crippen molar-refractivity contribution in [1.82, 2.24) is 9.38 Å². The molecule has 0 spiro atoms. The Morgan fingerprint density at radius 2 is 2.09 bits per heavy atom. The van der Waals surface area contributed by atoms with E-state index in [4.69, 9.17) is 16.3 Å². The zero-order chi connectivity index (χ0) is 15.7. The number of hydrogen-bond acceptors (Lipinski definition) is 3. The number of imidazole rings is 1. The maximum atomic E-state index is 11.3. The van der Waals surface area contributed by atoms with E-state index in [1.807, 2.05) is 31.2 Å². The van der Waals surface area contributed by atoms with Gasteiger partial charge in [-0.15, -0.1) is 0 Å². The van der Waals surface area contributed by atoms with Gasteiger partial charge in [-0.3, -0.25) is 4.40 Å². The number of fused-ring (bicyclic) bond motifs is 1. The molecular formula is C16H13ClN2O3. The first-order chi connectivity index (χ1) is 10.6. The molecule has 3 rings (SSSR count). The largest absolute Gasteiger partial charge is 0.485 e. The number of benzene rings is 1. The van der Waals surface area contributed by atoms with Crippen molar-refractivity contribution in [3.63, 3.8) is 0 Å². The van der Waals surface area contributed by atoms with Crippen LogP contribution in [0.3, 0.4) is 0 Å². The lowest BCUT2D eigenvalue weighted by atomic mass is 10.2. The molecule has 22 heavy (non-hydrogen) atoms. The van der Waals surface area contributed by atoms with Gasteiger partial charge in [-0.1, -0.05) is 29.8 Å². The third-order valence-electron chi connectivity index (χ3n) is 3.34. The molecule has 1 aromatic carbocycles. The number of pyridine rings is 1. The Hall–Kier alpha value is -2.53. The molecule has 2 aromatic heterocycles. The summed E-state index contributed by atoms with van der Waals surface area (Å²) in [5.74, 6) is 0.101. The highest BCUT2D eigenvalue weighted by Gasteiger charge is 2.19. The zero-order valence-corrected chi connectivity index (χ0v) is 12.5. The molecule has 0 radical (unpaired) electrons. The predicted octanol–water partition coefficient (Wildman–Crippen LogP) is 3.57. The Morgan fingerprint density at radius 3 is 2.82 bits per heavy atom. The Labute approximate surface area is 131 Å². The van der Waals surface area contributed by atoms with Crippen LogP contribution in [-0.2, 0) is 6.61 Å². The van der Waals surface area contributed by atoms with Crippen molar-refractivity contribution in [2.75, 3.05) is 0 Å². The third-order valence-corrected chi connectivity index (χ3v) is 3.65. The molecule has 6 heteroatoms. The molecule has 3 aromatic rings. The Kier molecular flexibility index (Phi) is 3.73. The molecule has 5 nitrogen and oxygen atoms in total. The molecule has 0 saturated heterocycles. The van der Waals surface area contributed by atoms with Gasteiger partial charge in [-0.25, -0.2) is 9.78 Å². The topological polar surface area (TPSA) is 63.8 Å². The summed E-state index contributed by atoms with van der Waals surface area (Å²) in [5, 5.41) is 9.62. The molecule has 0 unspecified atom stereocenters. The summed E-state index contributed by atoms with van der Waals surface area (Å²) in [5.41, 5.74) is 1.30. The maximum Gasteiger partial charge on any atom is 0.356 e. The van der Waals surface area contributed by atoms with E-state index < -0.39 is 5.97 Å². The number of halogens is 1. The Morgan fingerprint density at radius 1 is 1.32 bits per heavy atom. The van der Waals surface area contributed by atoms with Crippen LogP contribution in [-0.4, -0.2) is 20.5 Å². The maximum absolute atomic E-state index is 11.3. The van der Waals surface area contributed by atoms with Gasteiger partial charge in [0.1, 0.15) is 12.4 Å². The Bertz CT molecular complexity index is 858.